The second-order valence-electron chi connectivity index (χ2n) is 13.6. The second kappa shape index (κ2) is 46.5. The Labute approximate surface area is 306 Å². The van der Waals surface area contributed by atoms with Crippen molar-refractivity contribution in [1.29, 1.82) is 0 Å². The Hall–Kier alpha value is -0.652. The van der Waals surface area contributed by atoms with Gasteiger partial charge in [-0.15, -0.1) is 0 Å². The third-order valence-electron chi connectivity index (χ3n) is 5.42. The summed E-state index contributed by atoms with van der Waals surface area (Å²) < 4.78 is 14.3. The Morgan fingerprint density at radius 3 is 0.761 bits per heavy atom. The summed E-state index contributed by atoms with van der Waals surface area (Å²) in [4.78, 5) is 22.5. The molecule has 0 spiro atoms. The fraction of sp³-hybridized carbons (Fsp3) is 0.947. The molecular formula is C38H90O7W. The molecule has 0 aromatic rings. The van der Waals surface area contributed by atoms with E-state index in [0.717, 1.165) is 0 Å². The first kappa shape index (κ1) is 71.4. The minimum absolute atomic E-state index is 0. The first-order valence-electron chi connectivity index (χ1n) is 16.8. The first-order chi connectivity index (χ1) is 19.4. The number of ether oxygens (including phenoxy) is 3. The van der Waals surface area contributed by atoms with Crippen molar-refractivity contribution in [2.45, 2.75) is 216 Å². The van der Waals surface area contributed by atoms with Crippen LogP contribution in [0.1, 0.15) is 205 Å². The first-order valence-corrected chi connectivity index (χ1v) is 16.8. The molecule has 290 valence electrons. The number of aliphatic hydroxyl groups excluding tert-OH is 2. The molecule has 0 fully saturated rings. The average Bonchev–Trinajstić information content (AvgIpc) is 2.85. The minimum Gasteiger partial charge on any atom is -0.428 e. The van der Waals surface area contributed by atoms with E-state index in [2.05, 4.69) is 87.8 Å². The molecule has 7 nitrogen and oxygen atoms in total. The number of unbranched alkanes of at least 4 members (excludes halogenated alkanes) is 2. The van der Waals surface area contributed by atoms with Crippen molar-refractivity contribution >= 4 is 12.3 Å². The Kier molecular flexibility index (Phi) is 72.1. The van der Waals surface area contributed by atoms with Crippen molar-refractivity contribution in [2.75, 3.05) is 13.2 Å². The van der Waals surface area contributed by atoms with Crippen LogP contribution >= 0.6 is 0 Å². The summed E-state index contributed by atoms with van der Waals surface area (Å²) in [5, 5.41) is 15.1. The predicted octanol–water partition coefficient (Wildman–Crippen LogP) is 13.4. The maximum Gasteiger partial charge on any atom is 0.519 e. The van der Waals surface area contributed by atoms with E-state index in [1.54, 1.807) is 41.5 Å². The van der Waals surface area contributed by atoms with Gasteiger partial charge in [-0.2, -0.15) is 0 Å². The largest absolute Gasteiger partial charge is 0.519 e. The van der Waals surface area contributed by atoms with Gasteiger partial charge in [0.25, 0.3) is 0 Å². The van der Waals surface area contributed by atoms with Crippen LogP contribution in [0.5, 0.6) is 0 Å². The molecule has 0 aliphatic carbocycles. The van der Waals surface area contributed by atoms with Crippen molar-refractivity contribution in [1.82, 2.24) is 0 Å². The number of hydrogen-bond donors (Lipinski definition) is 2. The number of carbonyl (C=O) groups is 2. The van der Waals surface area contributed by atoms with Crippen LogP contribution in [0.25, 0.3) is 0 Å². The zero-order valence-electron chi connectivity index (χ0n) is 33.4. The van der Waals surface area contributed by atoms with E-state index in [-0.39, 0.29) is 49.1 Å². The van der Waals surface area contributed by atoms with Gasteiger partial charge in [-0.25, -0.2) is 9.59 Å². The number of hydrogen-bond acceptors (Lipinski definition) is 7. The van der Waals surface area contributed by atoms with Gasteiger partial charge < -0.3 is 24.4 Å². The summed E-state index contributed by atoms with van der Waals surface area (Å²) in [6.07, 6.45) is 7.05. The number of aliphatic hydroxyl groups is 2. The van der Waals surface area contributed by atoms with E-state index < -0.39 is 23.5 Å². The molecule has 0 radical (unpaired) electrons. The molecule has 0 aromatic heterocycles. The molecule has 2 N–H and O–H groups in total. The van der Waals surface area contributed by atoms with Crippen LogP contribution in [0.2, 0.25) is 0 Å². The molecule has 0 aliphatic rings. The summed E-state index contributed by atoms with van der Waals surface area (Å²) in [5.74, 6) is 0. The van der Waals surface area contributed by atoms with Gasteiger partial charge in [-0.05, 0) is 65.2 Å². The topological polar surface area (TPSA) is 102 Å². The Balaban J connectivity index is -0.0000000467. The monoisotopic (exact) mass is 843 g/mol. The van der Waals surface area contributed by atoms with Crippen molar-refractivity contribution in [3.8, 4) is 0 Å². The van der Waals surface area contributed by atoms with Crippen LogP contribution in [0.4, 0.5) is 9.59 Å². The normalized spacial score (nSPS) is 9.61. The Morgan fingerprint density at radius 1 is 0.500 bits per heavy atom. The standard InChI is InChI=1S/C12H22O5.2C6H14.C5H12.C3H8.2C2H6O.2CH4.W/c1-7-11(3,4)16-9(13)15-10(14)17-12(5,6)8-2;2*1-5-6(2,3)4;1-3-5-4-2;1-3-2;2*1-2-3;;;/h7-8H2,1-6H3;2*5H2,1-4H3;3-5H2,1-2H3;3H2,1-2H3;2*3H,2H2,1H3;2*1H4;. The number of carbonyl (C=O) groups excluding carboxylic acids is 2. The molecule has 0 aliphatic heterocycles. The van der Waals surface area contributed by atoms with Gasteiger partial charge in [0.2, 0.25) is 0 Å². The minimum atomic E-state index is -1.03. The van der Waals surface area contributed by atoms with Gasteiger partial charge in [-0.3, -0.25) is 0 Å². The molecule has 0 atom stereocenters. The van der Waals surface area contributed by atoms with Crippen LogP contribution < -0.4 is 0 Å². The SMILES string of the molecule is C.C.CCC.CCC(C)(C)C.CCC(C)(C)C.CCC(C)(C)OC(=O)OC(=O)OC(C)(C)CC.CCCCC.CCO.CCO.[W]. The third kappa shape index (κ3) is 104. The summed E-state index contributed by atoms with van der Waals surface area (Å²) in [6, 6.07) is 0. The van der Waals surface area contributed by atoms with Gasteiger partial charge in [0.1, 0.15) is 11.2 Å². The summed E-state index contributed by atoms with van der Waals surface area (Å²) in [6.45, 7) is 41.1. The molecule has 0 saturated carbocycles. The molecule has 0 heterocycles. The Bertz CT molecular complexity index is 501. The molecule has 0 rings (SSSR count). The van der Waals surface area contributed by atoms with E-state index in [1.807, 2.05) is 13.8 Å². The zero-order valence-corrected chi connectivity index (χ0v) is 36.3. The molecule has 8 heteroatoms. The molecule has 0 aromatic carbocycles. The van der Waals surface area contributed by atoms with Gasteiger partial charge in [0, 0.05) is 34.3 Å². The molecule has 46 heavy (non-hydrogen) atoms. The zero-order chi connectivity index (χ0) is 36.3. The van der Waals surface area contributed by atoms with Crippen LogP contribution in [0.15, 0.2) is 0 Å². The van der Waals surface area contributed by atoms with Crippen LogP contribution in [0.3, 0.4) is 0 Å². The average molecular weight is 843 g/mol. The molecule has 0 bridgehead atoms. The van der Waals surface area contributed by atoms with Gasteiger partial charge in [0.05, 0.1) is 0 Å². The van der Waals surface area contributed by atoms with Crippen LogP contribution in [-0.4, -0.2) is 46.9 Å². The molecule has 0 saturated heterocycles. The van der Waals surface area contributed by atoms with E-state index in [4.69, 9.17) is 19.7 Å². The summed E-state index contributed by atoms with van der Waals surface area (Å²) >= 11 is 0. The maximum atomic E-state index is 11.3. The van der Waals surface area contributed by atoms with E-state index in [9.17, 15) is 9.59 Å². The van der Waals surface area contributed by atoms with Crippen molar-refractivity contribution < 1.29 is 55.1 Å². The van der Waals surface area contributed by atoms with Gasteiger partial charge in [-0.1, -0.05) is 150 Å². The third-order valence-corrected chi connectivity index (χ3v) is 5.42. The van der Waals surface area contributed by atoms with E-state index in [0.29, 0.717) is 23.7 Å². The maximum absolute atomic E-state index is 11.3. The molecular weight excluding hydrogens is 752 g/mol. The number of rotatable bonds is 6. The predicted molar refractivity (Wildman–Crippen MR) is 202 cm³/mol. The Morgan fingerprint density at radius 2 is 0.674 bits per heavy atom. The smallest absolute Gasteiger partial charge is 0.428 e. The van der Waals surface area contributed by atoms with Crippen LogP contribution in [-0.2, 0) is 35.3 Å². The van der Waals surface area contributed by atoms with Gasteiger partial charge >= 0.3 is 12.3 Å². The molecule has 0 unspecified atom stereocenters. The van der Waals surface area contributed by atoms with Crippen molar-refractivity contribution in [2.24, 2.45) is 10.8 Å². The van der Waals surface area contributed by atoms with E-state index in [1.165, 1.54) is 38.5 Å². The fourth-order valence-corrected chi connectivity index (χ4v) is 1.06. The summed E-state index contributed by atoms with van der Waals surface area (Å²) in [7, 11) is 0. The van der Waals surface area contributed by atoms with E-state index >= 15 is 0 Å². The molecule has 0 amide bonds. The summed E-state index contributed by atoms with van der Waals surface area (Å²) in [5.41, 5.74) is -0.227. The quantitative estimate of drug-likeness (QED) is 0.203. The van der Waals surface area contributed by atoms with Crippen LogP contribution in [0, 0.1) is 10.8 Å². The van der Waals surface area contributed by atoms with Crippen molar-refractivity contribution in [3.05, 3.63) is 0 Å². The van der Waals surface area contributed by atoms with Gasteiger partial charge in [0.15, 0.2) is 0 Å². The second-order valence-corrected chi connectivity index (χ2v) is 13.6. The van der Waals surface area contributed by atoms with Crippen molar-refractivity contribution in [3.63, 3.8) is 0 Å². The fourth-order valence-electron chi connectivity index (χ4n) is 1.06.